The zero-order valence-corrected chi connectivity index (χ0v) is 10.2. The van der Waals surface area contributed by atoms with E-state index in [-0.39, 0.29) is 26.6 Å². The van der Waals surface area contributed by atoms with E-state index >= 15 is 0 Å². The molecule has 1 fully saturated rings. The molecule has 0 radical (unpaired) electrons. The fourth-order valence-corrected chi connectivity index (χ4v) is 1.52. The molecular weight excluding hydrogens is 252 g/mol. The summed E-state index contributed by atoms with van der Waals surface area (Å²) in [6, 6.07) is 9.07. The molecule has 6 heteroatoms. The summed E-state index contributed by atoms with van der Waals surface area (Å²) in [6.45, 7) is 0.647. The number of carbonyl (C=O) groups is 2. The Morgan fingerprint density at radius 3 is 2.47 bits per heavy atom. The predicted molar refractivity (Wildman–Crippen MR) is 62.9 cm³/mol. The summed E-state index contributed by atoms with van der Waals surface area (Å²) in [5.74, 6) is -2.05. The third-order valence-electron chi connectivity index (χ3n) is 2.43. The van der Waals surface area contributed by atoms with E-state index in [0.29, 0.717) is 0 Å². The van der Waals surface area contributed by atoms with Crippen molar-refractivity contribution in [3.8, 4) is 0 Å². The lowest BCUT2D eigenvalue weighted by molar-refractivity contribution is -0.191. The molecule has 1 aliphatic rings. The molecule has 2 rings (SSSR count). The van der Waals surface area contributed by atoms with Crippen molar-refractivity contribution in [2.45, 2.75) is 12.7 Å². The average molecular weight is 266 g/mol. The molecule has 1 aromatic rings. The molecule has 0 saturated carbocycles. The Balaban J connectivity index is 1.74. The molecule has 6 nitrogen and oxygen atoms in total. The number of ether oxygens (including phenoxy) is 4. The van der Waals surface area contributed by atoms with Crippen LogP contribution in [-0.4, -0.2) is 38.0 Å². The third kappa shape index (κ3) is 4.35. The van der Waals surface area contributed by atoms with Gasteiger partial charge >= 0.3 is 11.9 Å². The summed E-state index contributed by atoms with van der Waals surface area (Å²) in [4.78, 5) is 22.8. The first-order valence-corrected chi connectivity index (χ1v) is 5.83. The predicted octanol–water partition coefficient (Wildman–Crippen LogP) is 0.646. The van der Waals surface area contributed by atoms with Crippen molar-refractivity contribution >= 4 is 11.9 Å². The molecule has 1 aliphatic heterocycles. The summed E-state index contributed by atoms with van der Waals surface area (Å²) >= 11 is 0. The smallest absolute Gasteiger partial charge is 0.417 e. The molecule has 1 heterocycles. The maximum atomic E-state index is 11.4. The second kappa shape index (κ2) is 6.86. The monoisotopic (exact) mass is 266 g/mol. The number of esters is 2. The molecule has 0 spiro atoms. The van der Waals surface area contributed by atoms with E-state index in [9.17, 15) is 9.59 Å². The molecule has 19 heavy (non-hydrogen) atoms. The van der Waals surface area contributed by atoms with E-state index in [1.807, 2.05) is 18.2 Å². The molecule has 1 saturated heterocycles. The van der Waals surface area contributed by atoms with Gasteiger partial charge in [0.2, 0.25) is 0 Å². The van der Waals surface area contributed by atoms with E-state index in [0.717, 1.165) is 5.56 Å². The lowest BCUT2D eigenvalue weighted by Crippen LogP contribution is -2.36. The summed E-state index contributed by atoms with van der Waals surface area (Å²) in [6.07, 6.45) is -0.564. The van der Waals surface area contributed by atoms with Crippen molar-refractivity contribution < 1.29 is 28.5 Å². The number of hydrogen-bond acceptors (Lipinski definition) is 6. The van der Waals surface area contributed by atoms with Gasteiger partial charge in [-0.05, 0) is 5.56 Å². The number of carbonyl (C=O) groups excluding carboxylic acids is 2. The fourth-order valence-electron chi connectivity index (χ4n) is 1.52. The first kappa shape index (κ1) is 13.5. The van der Waals surface area contributed by atoms with Gasteiger partial charge in [-0.1, -0.05) is 30.3 Å². The van der Waals surface area contributed by atoms with Gasteiger partial charge in [0.05, 0.1) is 13.2 Å². The van der Waals surface area contributed by atoms with E-state index in [4.69, 9.17) is 18.9 Å². The van der Waals surface area contributed by atoms with Crippen LogP contribution in [-0.2, 0) is 35.1 Å². The lowest BCUT2D eigenvalue weighted by atomic mass is 10.2. The second-order valence-electron chi connectivity index (χ2n) is 3.95. The number of hydrogen-bond donors (Lipinski definition) is 0. The van der Waals surface area contributed by atoms with Gasteiger partial charge in [0.1, 0.15) is 19.5 Å². The zero-order valence-electron chi connectivity index (χ0n) is 10.2. The highest BCUT2D eigenvalue weighted by Crippen LogP contribution is 2.04. The molecule has 102 valence electrons. The molecule has 0 aliphatic carbocycles. The van der Waals surface area contributed by atoms with Crippen LogP contribution in [0.15, 0.2) is 30.3 Å². The van der Waals surface area contributed by atoms with Gasteiger partial charge in [-0.15, -0.1) is 0 Å². The van der Waals surface area contributed by atoms with E-state index in [2.05, 4.69) is 0 Å². The van der Waals surface area contributed by atoms with Gasteiger partial charge in [-0.2, -0.15) is 0 Å². The van der Waals surface area contributed by atoms with Crippen LogP contribution >= 0.6 is 0 Å². The molecule has 0 amide bonds. The van der Waals surface area contributed by atoms with Gasteiger partial charge < -0.3 is 18.9 Å². The van der Waals surface area contributed by atoms with Crippen molar-refractivity contribution in [3.63, 3.8) is 0 Å². The van der Waals surface area contributed by atoms with Crippen molar-refractivity contribution in [1.82, 2.24) is 0 Å². The number of rotatable bonds is 3. The zero-order chi connectivity index (χ0) is 13.5. The highest BCUT2D eigenvalue weighted by Gasteiger charge is 2.24. The van der Waals surface area contributed by atoms with E-state index in [1.165, 1.54) is 0 Å². The highest BCUT2D eigenvalue weighted by molar-refractivity contribution is 6.29. The quantitative estimate of drug-likeness (QED) is 0.591. The summed E-state index contributed by atoms with van der Waals surface area (Å²) in [7, 11) is 0. The summed E-state index contributed by atoms with van der Waals surface area (Å²) in [5, 5.41) is 0. The standard InChI is InChI=1S/C13H14O6/c14-12(18-6-10-4-2-1-3-5-10)13(15)19-11-7-16-9-17-8-11/h1-5,11H,6-9H2. The van der Waals surface area contributed by atoms with Gasteiger partial charge in [-0.3, -0.25) is 0 Å². The Morgan fingerprint density at radius 1 is 1.11 bits per heavy atom. The van der Waals surface area contributed by atoms with Crippen LogP contribution in [0.4, 0.5) is 0 Å². The summed E-state index contributed by atoms with van der Waals surface area (Å²) in [5.41, 5.74) is 0.799. The molecule has 0 unspecified atom stereocenters. The molecule has 0 aromatic heterocycles. The largest absolute Gasteiger partial charge is 0.452 e. The molecule has 1 aromatic carbocycles. The van der Waals surface area contributed by atoms with E-state index in [1.54, 1.807) is 12.1 Å². The molecule has 0 atom stereocenters. The Labute approximate surface area is 110 Å². The van der Waals surface area contributed by atoms with Gasteiger partial charge in [-0.25, -0.2) is 9.59 Å². The fraction of sp³-hybridized carbons (Fsp3) is 0.385. The van der Waals surface area contributed by atoms with Crippen LogP contribution in [0.25, 0.3) is 0 Å². The highest BCUT2D eigenvalue weighted by atomic mass is 16.7. The lowest BCUT2D eigenvalue weighted by Gasteiger charge is -2.21. The van der Waals surface area contributed by atoms with Crippen LogP contribution in [0.2, 0.25) is 0 Å². The Bertz CT molecular complexity index is 424. The minimum atomic E-state index is -1.03. The third-order valence-corrected chi connectivity index (χ3v) is 2.43. The van der Waals surface area contributed by atoms with Crippen LogP contribution in [0.1, 0.15) is 5.56 Å². The van der Waals surface area contributed by atoms with Crippen molar-refractivity contribution in [2.24, 2.45) is 0 Å². The minimum absolute atomic E-state index is 0.0342. The van der Waals surface area contributed by atoms with Gasteiger partial charge in [0, 0.05) is 0 Å². The van der Waals surface area contributed by atoms with Crippen molar-refractivity contribution in [3.05, 3.63) is 35.9 Å². The van der Waals surface area contributed by atoms with Crippen molar-refractivity contribution in [1.29, 1.82) is 0 Å². The summed E-state index contributed by atoms with van der Waals surface area (Å²) < 4.78 is 19.6. The van der Waals surface area contributed by atoms with Crippen LogP contribution in [0.3, 0.4) is 0 Å². The SMILES string of the molecule is O=C(OCc1ccccc1)C(=O)OC1COCOC1. The average Bonchev–Trinajstić information content (AvgIpc) is 2.47. The first-order valence-electron chi connectivity index (χ1n) is 5.83. The molecule has 0 bridgehead atoms. The first-order chi connectivity index (χ1) is 9.25. The normalized spacial score (nSPS) is 15.8. The van der Waals surface area contributed by atoms with Crippen LogP contribution < -0.4 is 0 Å². The maximum absolute atomic E-state index is 11.4. The molecular formula is C13H14O6. The van der Waals surface area contributed by atoms with Gasteiger partial charge in [0.15, 0.2) is 0 Å². The van der Waals surface area contributed by atoms with Crippen molar-refractivity contribution in [2.75, 3.05) is 20.0 Å². The van der Waals surface area contributed by atoms with Crippen LogP contribution in [0, 0.1) is 0 Å². The van der Waals surface area contributed by atoms with Crippen LogP contribution in [0.5, 0.6) is 0 Å². The molecule has 0 N–H and O–H groups in total. The maximum Gasteiger partial charge on any atom is 0.417 e. The Kier molecular flexibility index (Phi) is 4.88. The number of benzene rings is 1. The topological polar surface area (TPSA) is 71.1 Å². The van der Waals surface area contributed by atoms with Gasteiger partial charge in [0.25, 0.3) is 0 Å². The Morgan fingerprint density at radius 2 is 1.79 bits per heavy atom. The minimum Gasteiger partial charge on any atom is -0.452 e. The Hall–Kier alpha value is -1.92. The van der Waals surface area contributed by atoms with E-state index < -0.39 is 18.0 Å². The second-order valence-corrected chi connectivity index (χ2v) is 3.95.